The van der Waals surface area contributed by atoms with Crippen LogP contribution < -0.4 is 10.1 Å². The van der Waals surface area contributed by atoms with Crippen molar-refractivity contribution in [3.05, 3.63) is 24.0 Å². The fourth-order valence-electron chi connectivity index (χ4n) is 1.24. The summed E-state index contributed by atoms with van der Waals surface area (Å²) in [5.41, 5.74) is 0.213. The Hall–Kier alpha value is -1.78. The monoisotopic (exact) mass is 241 g/mol. The van der Waals surface area contributed by atoms with E-state index in [0.29, 0.717) is 5.75 Å². The summed E-state index contributed by atoms with van der Waals surface area (Å²) in [6, 6.07) is 4.26. The minimum atomic E-state index is -0.442. The van der Waals surface area contributed by atoms with E-state index in [2.05, 4.69) is 5.32 Å². The second-order valence-corrected chi connectivity index (χ2v) is 3.74. The lowest BCUT2D eigenvalue weighted by molar-refractivity contribution is -0.145. The molecule has 0 radical (unpaired) electrons. The summed E-state index contributed by atoms with van der Waals surface area (Å²) in [5, 5.41) is 2.66. The fraction of sp³-hybridized carbons (Fsp3) is 0.417. The number of esters is 1. The van der Waals surface area contributed by atoms with Gasteiger partial charge in [0.05, 0.1) is 18.9 Å². The van der Waals surface area contributed by atoms with Gasteiger partial charge in [-0.1, -0.05) is 0 Å². The second-order valence-electron chi connectivity index (χ2n) is 3.74. The molecule has 0 aliphatic heterocycles. The number of hydrogen-bond acceptors (Lipinski definition) is 4. The summed E-state index contributed by atoms with van der Waals surface area (Å²) in [6.45, 7) is 3.43. The molecule has 0 atom stereocenters. The molecule has 94 valence electrons. The number of carbonyl (C=O) groups is 1. The van der Waals surface area contributed by atoms with Crippen molar-refractivity contribution in [2.75, 3.05) is 19.0 Å². The number of ether oxygens (including phenoxy) is 2. The number of carbonyl (C=O) groups excluding carboxylic acids is 1. The lowest BCUT2D eigenvalue weighted by Crippen LogP contribution is -2.20. The van der Waals surface area contributed by atoms with Crippen LogP contribution in [0.15, 0.2) is 18.2 Å². The zero-order valence-corrected chi connectivity index (χ0v) is 10.1. The molecule has 0 aliphatic carbocycles. The van der Waals surface area contributed by atoms with Crippen LogP contribution in [0, 0.1) is 5.82 Å². The van der Waals surface area contributed by atoms with Gasteiger partial charge in [0.25, 0.3) is 0 Å². The molecule has 1 aromatic rings. The summed E-state index contributed by atoms with van der Waals surface area (Å²) in [7, 11) is 1.49. The number of benzene rings is 1. The average molecular weight is 241 g/mol. The SMILES string of the molecule is COc1ccc(F)c(NCC(=O)OC(C)C)c1. The molecular weight excluding hydrogens is 225 g/mol. The summed E-state index contributed by atoms with van der Waals surface area (Å²) in [4.78, 5) is 11.3. The summed E-state index contributed by atoms with van der Waals surface area (Å²) < 4.78 is 23.2. The van der Waals surface area contributed by atoms with E-state index in [9.17, 15) is 9.18 Å². The Morgan fingerprint density at radius 3 is 2.76 bits per heavy atom. The van der Waals surface area contributed by atoms with E-state index in [4.69, 9.17) is 9.47 Å². The number of anilines is 1. The first-order valence-corrected chi connectivity index (χ1v) is 5.30. The van der Waals surface area contributed by atoms with E-state index in [1.165, 1.54) is 25.3 Å². The van der Waals surface area contributed by atoms with E-state index in [0.717, 1.165) is 0 Å². The minimum absolute atomic E-state index is 0.0811. The minimum Gasteiger partial charge on any atom is -0.497 e. The van der Waals surface area contributed by atoms with Crippen LogP contribution >= 0.6 is 0 Å². The van der Waals surface area contributed by atoms with E-state index in [-0.39, 0.29) is 18.3 Å². The smallest absolute Gasteiger partial charge is 0.325 e. The molecule has 0 saturated carbocycles. The zero-order chi connectivity index (χ0) is 12.8. The maximum absolute atomic E-state index is 13.3. The van der Waals surface area contributed by atoms with E-state index in [1.54, 1.807) is 13.8 Å². The fourth-order valence-corrected chi connectivity index (χ4v) is 1.24. The topological polar surface area (TPSA) is 47.6 Å². The summed E-state index contributed by atoms with van der Waals surface area (Å²) >= 11 is 0. The quantitative estimate of drug-likeness (QED) is 0.803. The maximum Gasteiger partial charge on any atom is 0.325 e. The molecule has 4 nitrogen and oxygen atoms in total. The van der Waals surface area contributed by atoms with E-state index < -0.39 is 11.8 Å². The molecule has 5 heteroatoms. The van der Waals surface area contributed by atoms with Gasteiger partial charge in [-0.2, -0.15) is 0 Å². The molecule has 0 aliphatic rings. The number of hydrogen-bond donors (Lipinski definition) is 1. The van der Waals surface area contributed by atoms with Crippen molar-refractivity contribution in [2.45, 2.75) is 20.0 Å². The van der Waals surface area contributed by atoms with Crippen LogP contribution in [0.2, 0.25) is 0 Å². The highest BCUT2D eigenvalue weighted by Crippen LogP contribution is 2.20. The highest BCUT2D eigenvalue weighted by atomic mass is 19.1. The first kappa shape index (κ1) is 13.3. The van der Waals surface area contributed by atoms with Crippen molar-refractivity contribution in [1.29, 1.82) is 0 Å². The third-order valence-corrected chi connectivity index (χ3v) is 1.96. The van der Waals surface area contributed by atoms with Crippen LogP contribution in [0.25, 0.3) is 0 Å². The lowest BCUT2D eigenvalue weighted by Gasteiger charge is -2.11. The molecule has 0 fully saturated rings. The van der Waals surface area contributed by atoms with Crippen molar-refractivity contribution < 1.29 is 18.7 Å². The van der Waals surface area contributed by atoms with Crippen molar-refractivity contribution >= 4 is 11.7 Å². The second kappa shape index (κ2) is 6.08. The molecule has 0 bridgehead atoms. The van der Waals surface area contributed by atoms with Crippen molar-refractivity contribution in [2.24, 2.45) is 0 Å². The molecule has 0 unspecified atom stereocenters. The van der Waals surface area contributed by atoms with E-state index in [1.807, 2.05) is 0 Å². The number of nitrogens with one attached hydrogen (secondary N) is 1. The van der Waals surface area contributed by atoms with Crippen LogP contribution in [0.1, 0.15) is 13.8 Å². The van der Waals surface area contributed by atoms with Gasteiger partial charge < -0.3 is 14.8 Å². The predicted molar refractivity (Wildman–Crippen MR) is 62.7 cm³/mol. The Balaban J connectivity index is 2.59. The third-order valence-electron chi connectivity index (χ3n) is 1.96. The molecule has 0 amide bonds. The summed E-state index contributed by atoms with van der Waals surface area (Å²) in [5.74, 6) is -0.350. The van der Waals surface area contributed by atoms with Crippen molar-refractivity contribution in [3.63, 3.8) is 0 Å². The molecule has 0 saturated heterocycles. The Morgan fingerprint density at radius 2 is 2.18 bits per heavy atom. The van der Waals surface area contributed by atoms with Crippen LogP contribution in [0.5, 0.6) is 5.75 Å². The standard InChI is InChI=1S/C12H16FNO3/c1-8(2)17-12(15)7-14-11-6-9(16-3)4-5-10(11)13/h4-6,8,14H,7H2,1-3H3. The summed E-state index contributed by atoms with van der Waals surface area (Å²) in [6.07, 6.45) is -0.181. The van der Waals surface area contributed by atoms with E-state index >= 15 is 0 Å². The van der Waals surface area contributed by atoms with Crippen LogP contribution in [0.3, 0.4) is 0 Å². The highest BCUT2D eigenvalue weighted by Gasteiger charge is 2.08. The molecule has 0 heterocycles. The molecule has 0 aromatic heterocycles. The van der Waals surface area contributed by atoms with Gasteiger partial charge in [-0.3, -0.25) is 4.79 Å². The van der Waals surface area contributed by atoms with Crippen LogP contribution in [-0.4, -0.2) is 25.7 Å². The van der Waals surface area contributed by atoms with Crippen molar-refractivity contribution in [3.8, 4) is 5.75 Å². The maximum atomic E-state index is 13.3. The number of methoxy groups -OCH3 is 1. The molecule has 1 N–H and O–H groups in total. The predicted octanol–water partition coefficient (Wildman–Crippen LogP) is 2.20. The Bertz CT molecular complexity index is 393. The largest absolute Gasteiger partial charge is 0.497 e. The first-order chi connectivity index (χ1) is 8.02. The molecular formula is C12H16FNO3. The Labute approximate surface area is 99.7 Å². The van der Waals surface area contributed by atoms with Gasteiger partial charge in [0.1, 0.15) is 18.1 Å². The highest BCUT2D eigenvalue weighted by molar-refractivity contribution is 5.75. The van der Waals surface area contributed by atoms with Gasteiger partial charge >= 0.3 is 5.97 Å². The zero-order valence-electron chi connectivity index (χ0n) is 10.1. The van der Waals surface area contributed by atoms with Gasteiger partial charge in [-0.15, -0.1) is 0 Å². The Morgan fingerprint density at radius 1 is 1.47 bits per heavy atom. The molecule has 0 spiro atoms. The van der Waals surface area contributed by atoms with Crippen molar-refractivity contribution in [1.82, 2.24) is 0 Å². The van der Waals surface area contributed by atoms with Crippen LogP contribution in [-0.2, 0) is 9.53 Å². The third kappa shape index (κ3) is 4.30. The van der Waals surface area contributed by atoms with Gasteiger partial charge in [-0.25, -0.2) is 4.39 Å². The van der Waals surface area contributed by atoms with Gasteiger partial charge in [0.15, 0.2) is 0 Å². The first-order valence-electron chi connectivity index (χ1n) is 5.30. The van der Waals surface area contributed by atoms with Gasteiger partial charge in [-0.05, 0) is 26.0 Å². The van der Waals surface area contributed by atoms with Crippen LogP contribution in [0.4, 0.5) is 10.1 Å². The molecule has 1 rings (SSSR count). The average Bonchev–Trinajstić information content (AvgIpc) is 2.27. The number of rotatable bonds is 5. The van der Waals surface area contributed by atoms with Gasteiger partial charge in [0, 0.05) is 6.07 Å². The normalized spacial score (nSPS) is 10.2. The van der Waals surface area contributed by atoms with Gasteiger partial charge in [0.2, 0.25) is 0 Å². The molecule has 1 aromatic carbocycles. The Kier molecular flexibility index (Phi) is 4.75. The number of halogens is 1. The lowest BCUT2D eigenvalue weighted by atomic mass is 10.3. The molecule has 17 heavy (non-hydrogen) atoms.